The molecule has 1 atom stereocenters. The molecule has 0 aromatic carbocycles. The van der Waals surface area contributed by atoms with Crippen molar-refractivity contribution < 1.29 is 0 Å². The summed E-state index contributed by atoms with van der Waals surface area (Å²) in [5.74, 6) is 0. The average Bonchev–Trinajstić information content (AvgIpc) is 2.17. The normalized spacial score (nSPS) is 27.2. The van der Waals surface area contributed by atoms with Gasteiger partial charge in [0, 0.05) is 6.20 Å². The van der Waals surface area contributed by atoms with Crippen molar-refractivity contribution in [2.75, 3.05) is 7.05 Å². The van der Waals surface area contributed by atoms with E-state index >= 15 is 0 Å². The van der Waals surface area contributed by atoms with Gasteiger partial charge in [0.25, 0.3) is 0 Å². The van der Waals surface area contributed by atoms with Gasteiger partial charge in [-0.05, 0) is 26.8 Å². The fourth-order valence-corrected chi connectivity index (χ4v) is 1.45. The van der Waals surface area contributed by atoms with Crippen LogP contribution in [0.15, 0.2) is 17.3 Å². The number of aliphatic imine (C=N–C) groups is 1. The van der Waals surface area contributed by atoms with Crippen LogP contribution in [0.2, 0.25) is 0 Å². The topological polar surface area (TPSA) is 48.2 Å². The van der Waals surface area contributed by atoms with Crippen LogP contribution in [0.25, 0.3) is 0 Å². The molecule has 1 aliphatic heterocycles. The van der Waals surface area contributed by atoms with Gasteiger partial charge in [0.15, 0.2) is 0 Å². The van der Waals surface area contributed by atoms with Crippen molar-refractivity contribution in [2.24, 2.45) is 4.99 Å². The van der Waals surface area contributed by atoms with Crippen molar-refractivity contribution in [3.63, 3.8) is 0 Å². The standard InChI is InChI=1S/C10H17N3/c1-4-8(11)9-10(2,12-3)6-5-7-13-9/h5,7,11-12H,4,6H2,1-3H3. The summed E-state index contributed by atoms with van der Waals surface area (Å²) in [6.45, 7) is 4.07. The number of hydrogen-bond acceptors (Lipinski definition) is 3. The van der Waals surface area contributed by atoms with Gasteiger partial charge in [0.2, 0.25) is 0 Å². The third-order valence-electron chi connectivity index (χ3n) is 2.55. The predicted octanol–water partition coefficient (Wildman–Crippen LogP) is 1.75. The van der Waals surface area contributed by atoms with Crippen LogP contribution in [-0.4, -0.2) is 24.0 Å². The van der Waals surface area contributed by atoms with Gasteiger partial charge in [-0.15, -0.1) is 0 Å². The zero-order valence-corrected chi connectivity index (χ0v) is 8.52. The summed E-state index contributed by atoms with van der Waals surface area (Å²) < 4.78 is 0. The molecule has 0 spiro atoms. The summed E-state index contributed by atoms with van der Waals surface area (Å²) in [7, 11) is 1.91. The highest BCUT2D eigenvalue weighted by Gasteiger charge is 2.30. The predicted molar refractivity (Wildman–Crippen MR) is 56.7 cm³/mol. The lowest BCUT2D eigenvalue weighted by Crippen LogP contribution is -2.51. The van der Waals surface area contributed by atoms with E-state index < -0.39 is 0 Å². The number of rotatable bonds is 3. The minimum atomic E-state index is -0.151. The lowest BCUT2D eigenvalue weighted by molar-refractivity contribution is 0.518. The van der Waals surface area contributed by atoms with Crippen LogP contribution in [0.4, 0.5) is 0 Å². The Morgan fingerprint density at radius 2 is 2.46 bits per heavy atom. The minimum Gasteiger partial charge on any atom is -0.309 e. The molecule has 1 unspecified atom stereocenters. The van der Waals surface area contributed by atoms with Crippen molar-refractivity contribution >= 4 is 11.4 Å². The molecule has 0 aromatic heterocycles. The molecule has 0 aliphatic carbocycles. The second kappa shape index (κ2) is 3.83. The molecule has 1 rings (SSSR count). The number of nitrogens with zero attached hydrogens (tertiary/aromatic N) is 1. The molecule has 0 radical (unpaired) electrons. The highest BCUT2D eigenvalue weighted by Crippen LogP contribution is 2.18. The smallest absolute Gasteiger partial charge is 0.0811 e. The Hall–Kier alpha value is -0.960. The molecule has 1 aliphatic rings. The molecule has 0 saturated heterocycles. The van der Waals surface area contributed by atoms with Gasteiger partial charge in [0.1, 0.15) is 0 Å². The first-order valence-corrected chi connectivity index (χ1v) is 4.64. The Labute approximate surface area is 79.5 Å². The van der Waals surface area contributed by atoms with E-state index in [1.165, 1.54) is 0 Å². The van der Waals surface area contributed by atoms with Crippen molar-refractivity contribution in [1.29, 1.82) is 5.41 Å². The zero-order chi connectivity index (χ0) is 9.90. The molecule has 1 heterocycles. The second-order valence-corrected chi connectivity index (χ2v) is 3.48. The third kappa shape index (κ3) is 1.86. The third-order valence-corrected chi connectivity index (χ3v) is 2.55. The van der Waals surface area contributed by atoms with Gasteiger partial charge in [0.05, 0.1) is 17.0 Å². The van der Waals surface area contributed by atoms with E-state index in [-0.39, 0.29) is 5.54 Å². The Morgan fingerprint density at radius 3 is 3.00 bits per heavy atom. The van der Waals surface area contributed by atoms with E-state index in [1.807, 2.05) is 20.0 Å². The molecular formula is C10H17N3. The molecule has 72 valence electrons. The fourth-order valence-electron chi connectivity index (χ4n) is 1.45. The van der Waals surface area contributed by atoms with Gasteiger partial charge in [-0.1, -0.05) is 13.0 Å². The van der Waals surface area contributed by atoms with Crippen LogP contribution in [0.3, 0.4) is 0 Å². The maximum Gasteiger partial charge on any atom is 0.0811 e. The molecule has 0 bridgehead atoms. The summed E-state index contributed by atoms with van der Waals surface area (Å²) in [5.41, 5.74) is 1.35. The van der Waals surface area contributed by atoms with E-state index in [9.17, 15) is 0 Å². The van der Waals surface area contributed by atoms with Crippen LogP contribution >= 0.6 is 0 Å². The molecule has 0 fully saturated rings. The first-order chi connectivity index (χ1) is 6.14. The second-order valence-electron chi connectivity index (χ2n) is 3.48. The van der Waals surface area contributed by atoms with E-state index in [2.05, 4.69) is 17.2 Å². The molecule has 0 aromatic rings. The molecular weight excluding hydrogens is 162 g/mol. The van der Waals surface area contributed by atoms with E-state index in [0.717, 1.165) is 18.6 Å². The molecule has 0 amide bonds. The summed E-state index contributed by atoms with van der Waals surface area (Å²) in [6, 6.07) is 0. The van der Waals surface area contributed by atoms with E-state index in [4.69, 9.17) is 5.41 Å². The molecule has 3 nitrogen and oxygen atoms in total. The Morgan fingerprint density at radius 1 is 1.77 bits per heavy atom. The van der Waals surface area contributed by atoms with Gasteiger partial charge < -0.3 is 10.7 Å². The van der Waals surface area contributed by atoms with Crippen molar-refractivity contribution in [2.45, 2.75) is 32.2 Å². The van der Waals surface area contributed by atoms with Gasteiger partial charge in [-0.3, -0.25) is 4.99 Å². The lowest BCUT2D eigenvalue weighted by Gasteiger charge is -2.31. The van der Waals surface area contributed by atoms with Crippen molar-refractivity contribution in [3.05, 3.63) is 12.3 Å². The van der Waals surface area contributed by atoms with Gasteiger partial charge >= 0.3 is 0 Å². The lowest BCUT2D eigenvalue weighted by atomic mass is 9.86. The van der Waals surface area contributed by atoms with Crippen LogP contribution in [-0.2, 0) is 0 Å². The molecule has 0 saturated carbocycles. The van der Waals surface area contributed by atoms with Crippen LogP contribution in [0, 0.1) is 5.41 Å². The highest BCUT2D eigenvalue weighted by molar-refractivity contribution is 6.44. The van der Waals surface area contributed by atoms with Crippen molar-refractivity contribution in [3.8, 4) is 0 Å². The number of hydrogen-bond donors (Lipinski definition) is 2. The molecule has 2 N–H and O–H groups in total. The minimum absolute atomic E-state index is 0.151. The van der Waals surface area contributed by atoms with Crippen LogP contribution in [0.1, 0.15) is 26.7 Å². The average molecular weight is 179 g/mol. The summed E-state index contributed by atoms with van der Waals surface area (Å²) >= 11 is 0. The first-order valence-electron chi connectivity index (χ1n) is 4.64. The Balaban J connectivity index is 2.95. The highest BCUT2D eigenvalue weighted by atomic mass is 15.0. The zero-order valence-electron chi connectivity index (χ0n) is 8.52. The fraction of sp³-hybridized carbons (Fsp3) is 0.600. The van der Waals surface area contributed by atoms with E-state index in [1.54, 1.807) is 6.20 Å². The monoisotopic (exact) mass is 179 g/mol. The number of nitrogens with one attached hydrogen (secondary N) is 2. The first kappa shape index (κ1) is 10.1. The van der Waals surface area contributed by atoms with Crippen LogP contribution in [0.5, 0.6) is 0 Å². The maximum absolute atomic E-state index is 7.79. The maximum atomic E-state index is 7.79. The van der Waals surface area contributed by atoms with Crippen LogP contribution < -0.4 is 5.32 Å². The Bertz CT molecular complexity index is 265. The molecule has 13 heavy (non-hydrogen) atoms. The van der Waals surface area contributed by atoms with Gasteiger partial charge in [-0.2, -0.15) is 0 Å². The SMILES string of the molecule is CCC(=N)C1=NC=CCC1(C)NC. The largest absolute Gasteiger partial charge is 0.309 e. The van der Waals surface area contributed by atoms with Crippen molar-refractivity contribution in [1.82, 2.24) is 5.32 Å². The summed E-state index contributed by atoms with van der Waals surface area (Å²) in [6.07, 6.45) is 5.47. The summed E-state index contributed by atoms with van der Waals surface area (Å²) in [5, 5.41) is 11.0. The van der Waals surface area contributed by atoms with E-state index in [0.29, 0.717) is 5.71 Å². The Kier molecular flexibility index (Phi) is 2.98. The summed E-state index contributed by atoms with van der Waals surface area (Å²) in [4.78, 5) is 4.27. The van der Waals surface area contributed by atoms with Gasteiger partial charge in [-0.25, -0.2) is 0 Å². The quantitative estimate of drug-likeness (QED) is 0.637. The molecule has 3 heteroatoms.